The van der Waals surface area contributed by atoms with Crippen LogP contribution in [0.3, 0.4) is 0 Å². The molecule has 3 heteroatoms. The van der Waals surface area contributed by atoms with E-state index in [1.807, 2.05) is 13.0 Å². The summed E-state index contributed by atoms with van der Waals surface area (Å²) in [6, 6.07) is 0. The average Bonchev–Trinajstić information content (AvgIpc) is 1.87. The highest BCUT2D eigenvalue weighted by atomic mass is 32.1. The van der Waals surface area contributed by atoms with Gasteiger partial charge in [-0.05, 0) is 6.42 Å². The van der Waals surface area contributed by atoms with E-state index >= 15 is 0 Å². The Morgan fingerprint density at radius 1 is 2.00 bits per heavy atom. The summed E-state index contributed by atoms with van der Waals surface area (Å²) < 4.78 is 0. The first-order valence-electron chi connectivity index (χ1n) is 2.83. The zero-order valence-corrected chi connectivity index (χ0v) is 6.37. The molecule has 1 atom stereocenters. The lowest BCUT2D eigenvalue weighted by atomic mass is 10.1. The van der Waals surface area contributed by atoms with Crippen LogP contribution in [0.1, 0.15) is 13.3 Å². The van der Waals surface area contributed by atoms with E-state index in [4.69, 9.17) is 18.1 Å². The highest BCUT2D eigenvalue weighted by molar-refractivity contribution is 7.80. The SMILES string of the molecule is C=CCC(C)C(=S)NN. The summed E-state index contributed by atoms with van der Waals surface area (Å²) in [5.41, 5.74) is 2.43. The van der Waals surface area contributed by atoms with Gasteiger partial charge < -0.3 is 5.43 Å². The van der Waals surface area contributed by atoms with E-state index in [0.717, 1.165) is 6.42 Å². The zero-order chi connectivity index (χ0) is 7.28. The van der Waals surface area contributed by atoms with Crippen LogP contribution in [0.15, 0.2) is 12.7 Å². The molecule has 0 aliphatic carbocycles. The number of nitrogens with one attached hydrogen (secondary N) is 1. The first-order valence-corrected chi connectivity index (χ1v) is 3.24. The second-order valence-electron chi connectivity index (χ2n) is 1.93. The molecular formula is C6H12N2S. The highest BCUT2D eigenvalue weighted by Crippen LogP contribution is 2.01. The van der Waals surface area contributed by atoms with Crippen LogP contribution in [-0.2, 0) is 0 Å². The number of hydrogen-bond donors (Lipinski definition) is 2. The van der Waals surface area contributed by atoms with Gasteiger partial charge in [-0.1, -0.05) is 25.2 Å². The lowest BCUT2D eigenvalue weighted by Crippen LogP contribution is -2.32. The third kappa shape index (κ3) is 3.21. The van der Waals surface area contributed by atoms with Gasteiger partial charge in [0.1, 0.15) is 0 Å². The van der Waals surface area contributed by atoms with Crippen LogP contribution in [-0.4, -0.2) is 4.99 Å². The molecule has 0 saturated carbocycles. The molecule has 1 unspecified atom stereocenters. The molecule has 0 aliphatic rings. The van der Waals surface area contributed by atoms with E-state index in [1.165, 1.54) is 0 Å². The fraction of sp³-hybridized carbons (Fsp3) is 0.500. The highest BCUT2D eigenvalue weighted by Gasteiger charge is 2.02. The third-order valence-electron chi connectivity index (χ3n) is 1.11. The van der Waals surface area contributed by atoms with Crippen molar-refractivity contribution in [1.29, 1.82) is 0 Å². The van der Waals surface area contributed by atoms with E-state index in [2.05, 4.69) is 12.0 Å². The van der Waals surface area contributed by atoms with Gasteiger partial charge >= 0.3 is 0 Å². The quantitative estimate of drug-likeness (QED) is 0.268. The number of rotatable bonds is 3. The summed E-state index contributed by atoms with van der Waals surface area (Å²) in [5.74, 6) is 5.39. The summed E-state index contributed by atoms with van der Waals surface area (Å²) in [7, 11) is 0. The minimum atomic E-state index is 0.308. The Balaban J connectivity index is 3.58. The molecule has 52 valence electrons. The van der Waals surface area contributed by atoms with Crippen molar-refractivity contribution in [3.8, 4) is 0 Å². The molecule has 0 bridgehead atoms. The first kappa shape index (κ1) is 8.59. The predicted octanol–water partition coefficient (Wildman–Crippen LogP) is 0.989. The van der Waals surface area contributed by atoms with Crippen LogP contribution in [0.4, 0.5) is 0 Å². The summed E-state index contributed by atoms with van der Waals surface area (Å²) in [4.78, 5) is 0.690. The Hall–Kier alpha value is -0.410. The van der Waals surface area contributed by atoms with Crippen LogP contribution in [0.2, 0.25) is 0 Å². The third-order valence-corrected chi connectivity index (χ3v) is 1.63. The average molecular weight is 144 g/mol. The lowest BCUT2D eigenvalue weighted by Gasteiger charge is -2.08. The molecule has 0 fully saturated rings. The van der Waals surface area contributed by atoms with E-state index in [-0.39, 0.29) is 0 Å². The number of allylic oxidation sites excluding steroid dienone is 1. The van der Waals surface area contributed by atoms with Crippen molar-refractivity contribution in [1.82, 2.24) is 5.43 Å². The predicted molar refractivity (Wildman–Crippen MR) is 43.9 cm³/mol. The molecule has 3 N–H and O–H groups in total. The molecule has 0 aromatic rings. The lowest BCUT2D eigenvalue weighted by molar-refractivity contribution is 0.764. The van der Waals surface area contributed by atoms with E-state index < -0.39 is 0 Å². The minimum absolute atomic E-state index is 0.308. The molecule has 0 radical (unpaired) electrons. The molecule has 2 nitrogen and oxygen atoms in total. The van der Waals surface area contributed by atoms with Gasteiger partial charge in [0.05, 0.1) is 4.99 Å². The van der Waals surface area contributed by atoms with Crippen molar-refractivity contribution in [2.75, 3.05) is 0 Å². The van der Waals surface area contributed by atoms with Crippen LogP contribution >= 0.6 is 12.2 Å². The van der Waals surface area contributed by atoms with Crippen LogP contribution in [0.5, 0.6) is 0 Å². The fourth-order valence-corrected chi connectivity index (χ4v) is 0.596. The van der Waals surface area contributed by atoms with Gasteiger partial charge in [0, 0.05) is 5.92 Å². The molecule has 0 spiro atoms. The summed E-state index contributed by atoms with van der Waals surface area (Å²) >= 11 is 4.86. The summed E-state index contributed by atoms with van der Waals surface area (Å²) in [6.45, 7) is 5.59. The molecular weight excluding hydrogens is 132 g/mol. The smallest absolute Gasteiger partial charge is 0.0924 e. The fourth-order valence-electron chi connectivity index (χ4n) is 0.499. The molecule has 0 aliphatic heterocycles. The Morgan fingerprint density at radius 2 is 2.56 bits per heavy atom. The van der Waals surface area contributed by atoms with E-state index in [9.17, 15) is 0 Å². The van der Waals surface area contributed by atoms with E-state index in [1.54, 1.807) is 0 Å². The molecule has 9 heavy (non-hydrogen) atoms. The van der Waals surface area contributed by atoms with Crippen LogP contribution < -0.4 is 11.3 Å². The normalized spacial score (nSPS) is 12.2. The van der Waals surface area contributed by atoms with Crippen molar-refractivity contribution < 1.29 is 0 Å². The molecule has 0 saturated heterocycles. The first-order chi connectivity index (χ1) is 4.22. The number of hydrazine groups is 1. The minimum Gasteiger partial charge on any atom is -0.318 e. The molecule has 0 heterocycles. The molecule has 0 rings (SSSR count). The van der Waals surface area contributed by atoms with Gasteiger partial charge in [-0.15, -0.1) is 6.58 Å². The summed E-state index contributed by atoms with van der Waals surface area (Å²) in [5, 5.41) is 0. The van der Waals surface area contributed by atoms with Crippen molar-refractivity contribution in [3.05, 3.63) is 12.7 Å². The van der Waals surface area contributed by atoms with Crippen molar-refractivity contribution in [3.63, 3.8) is 0 Å². The largest absolute Gasteiger partial charge is 0.318 e. The topological polar surface area (TPSA) is 38.0 Å². The van der Waals surface area contributed by atoms with Crippen LogP contribution in [0, 0.1) is 5.92 Å². The standard InChI is InChI=1S/C6H12N2S/c1-3-4-5(2)6(9)8-7/h3,5H,1,4,7H2,2H3,(H,8,9). The van der Waals surface area contributed by atoms with Gasteiger partial charge in [0.15, 0.2) is 0 Å². The summed E-state index contributed by atoms with van der Waals surface area (Å²) in [6.07, 6.45) is 2.71. The van der Waals surface area contributed by atoms with Gasteiger partial charge in [-0.3, -0.25) is 5.84 Å². The van der Waals surface area contributed by atoms with Gasteiger partial charge in [0.25, 0.3) is 0 Å². The molecule has 0 aromatic heterocycles. The second kappa shape index (κ2) is 4.47. The maximum absolute atomic E-state index is 5.08. The zero-order valence-electron chi connectivity index (χ0n) is 5.55. The number of thiocarbonyl (C=S) groups is 1. The van der Waals surface area contributed by atoms with Gasteiger partial charge in [0.2, 0.25) is 0 Å². The molecule has 0 aromatic carbocycles. The molecule has 0 amide bonds. The Kier molecular flexibility index (Phi) is 4.26. The van der Waals surface area contributed by atoms with Gasteiger partial charge in [-0.2, -0.15) is 0 Å². The monoisotopic (exact) mass is 144 g/mol. The van der Waals surface area contributed by atoms with Crippen molar-refractivity contribution in [2.24, 2.45) is 11.8 Å². The Morgan fingerprint density at radius 3 is 2.89 bits per heavy atom. The van der Waals surface area contributed by atoms with Crippen molar-refractivity contribution in [2.45, 2.75) is 13.3 Å². The van der Waals surface area contributed by atoms with Crippen LogP contribution in [0.25, 0.3) is 0 Å². The number of hydrogen-bond acceptors (Lipinski definition) is 2. The maximum Gasteiger partial charge on any atom is 0.0924 e. The maximum atomic E-state index is 5.08. The van der Waals surface area contributed by atoms with Gasteiger partial charge in [-0.25, -0.2) is 0 Å². The number of nitrogens with two attached hydrogens (primary N) is 1. The van der Waals surface area contributed by atoms with E-state index in [0.29, 0.717) is 10.9 Å². The second-order valence-corrected chi connectivity index (χ2v) is 2.37. The Labute approximate surface area is 61.1 Å². The Bertz CT molecular complexity index is 112. The van der Waals surface area contributed by atoms with Crippen molar-refractivity contribution >= 4 is 17.2 Å².